The van der Waals surface area contributed by atoms with Gasteiger partial charge in [-0.25, -0.2) is 0 Å². The van der Waals surface area contributed by atoms with Crippen LogP contribution in [0, 0.1) is 5.92 Å². The summed E-state index contributed by atoms with van der Waals surface area (Å²) in [7, 11) is 0. The first-order chi connectivity index (χ1) is 6.26. The van der Waals surface area contributed by atoms with Crippen molar-refractivity contribution in [2.24, 2.45) is 5.92 Å². The van der Waals surface area contributed by atoms with Gasteiger partial charge in [0.15, 0.2) is 0 Å². The molecule has 0 aromatic carbocycles. The first-order valence-corrected chi connectivity index (χ1v) is 5.78. The van der Waals surface area contributed by atoms with Crippen molar-refractivity contribution in [2.75, 3.05) is 0 Å². The van der Waals surface area contributed by atoms with Crippen LogP contribution in [0.4, 0.5) is 0 Å². The minimum absolute atomic E-state index is 0.356. The van der Waals surface area contributed by atoms with E-state index in [1.165, 1.54) is 0 Å². The smallest absolute Gasteiger partial charge is 0.135 e. The molecule has 1 nitrogen and oxygen atoms in total. The summed E-state index contributed by atoms with van der Waals surface area (Å²) in [6, 6.07) is 0. The molecule has 0 spiro atoms. The summed E-state index contributed by atoms with van der Waals surface area (Å²) in [6.07, 6.45) is 5.15. The number of carbonyl (C=O) groups is 1. The summed E-state index contributed by atoms with van der Waals surface area (Å²) in [5, 5.41) is 0. The predicted octanol–water partition coefficient (Wildman–Crippen LogP) is 4.21. The highest BCUT2D eigenvalue weighted by molar-refractivity contribution is 5.80. The Bertz CT molecular complexity index is 102. The molecule has 0 rings (SSSR count). The van der Waals surface area contributed by atoms with E-state index in [4.69, 9.17) is 0 Å². The molecule has 0 aliphatic carbocycles. The third-order valence-corrected chi connectivity index (χ3v) is 2.08. The largest absolute Gasteiger partial charge is 0.299 e. The first kappa shape index (κ1) is 15.2. The number of Topliss-reactive ketones (excluding diaryl/α,β-unsaturated/α-hetero) is 1. The summed E-state index contributed by atoms with van der Waals surface area (Å²) in [4.78, 5) is 11.3. The Hall–Kier alpha value is -0.330. The van der Waals surface area contributed by atoms with E-state index in [0.29, 0.717) is 18.1 Å². The fourth-order valence-corrected chi connectivity index (χ4v) is 1.45. The Morgan fingerprint density at radius 1 is 1.00 bits per heavy atom. The van der Waals surface area contributed by atoms with Crippen LogP contribution in [-0.2, 0) is 4.79 Å². The highest BCUT2D eigenvalue weighted by Gasteiger charge is 2.13. The van der Waals surface area contributed by atoms with E-state index in [2.05, 4.69) is 13.8 Å². The Labute approximate surface area is 83.9 Å². The average Bonchev–Trinajstić information content (AvgIpc) is 2.19. The summed E-state index contributed by atoms with van der Waals surface area (Å²) in [5.41, 5.74) is 0. The van der Waals surface area contributed by atoms with Crippen LogP contribution in [0.15, 0.2) is 0 Å². The monoisotopic (exact) mass is 186 g/mol. The number of hydrogen-bond acceptors (Lipinski definition) is 1. The second-order valence-electron chi connectivity index (χ2n) is 3.09. The van der Waals surface area contributed by atoms with Gasteiger partial charge in [-0.1, -0.05) is 47.5 Å². The van der Waals surface area contributed by atoms with Crippen molar-refractivity contribution in [3.63, 3.8) is 0 Å². The molecule has 0 aliphatic heterocycles. The molecule has 0 bridgehead atoms. The maximum Gasteiger partial charge on any atom is 0.135 e. The van der Waals surface area contributed by atoms with Gasteiger partial charge in [0.25, 0.3) is 0 Å². The number of carbonyl (C=O) groups excluding carboxylic acids is 1. The van der Waals surface area contributed by atoms with Gasteiger partial charge in [0, 0.05) is 12.3 Å². The van der Waals surface area contributed by atoms with Crippen LogP contribution in [0.3, 0.4) is 0 Å². The molecule has 13 heavy (non-hydrogen) atoms. The lowest BCUT2D eigenvalue weighted by Crippen LogP contribution is -2.12. The summed E-state index contributed by atoms with van der Waals surface area (Å²) in [6.45, 7) is 10.2. The summed E-state index contributed by atoms with van der Waals surface area (Å²) >= 11 is 0. The van der Waals surface area contributed by atoms with E-state index in [1.54, 1.807) is 0 Å². The molecule has 1 heteroatoms. The lowest BCUT2D eigenvalue weighted by molar-refractivity contribution is -0.123. The normalized spacial score (nSPS) is 9.38. The molecule has 0 amide bonds. The minimum Gasteiger partial charge on any atom is -0.299 e. The quantitative estimate of drug-likeness (QED) is 0.607. The second-order valence-corrected chi connectivity index (χ2v) is 3.09. The van der Waals surface area contributed by atoms with E-state index >= 15 is 0 Å². The maximum absolute atomic E-state index is 11.3. The fraction of sp³-hybridized carbons (Fsp3) is 0.917. The Kier molecular flexibility index (Phi) is 13.6. The van der Waals surface area contributed by atoms with Crippen molar-refractivity contribution in [3.05, 3.63) is 0 Å². The van der Waals surface area contributed by atoms with Gasteiger partial charge in [0.1, 0.15) is 5.78 Å². The van der Waals surface area contributed by atoms with Gasteiger partial charge in [-0.3, -0.25) is 4.79 Å². The van der Waals surface area contributed by atoms with Gasteiger partial charge in [-0.15, -0.1) is 0 Å². The van der Waals surface area contributed by atoms with E-state index < -0.39 is 0 Å². The third kappa shape index (κ3) is 8.01. The van der Waals surface area contributed by atoms with Crippen molar-refractivity contribution in [1.29, 1.82) is 0 Å². The second kappa shape index (κ2) is 11.7. The van der Waals surface area contributed by atoms with Crippen molar-refractivity contribution in [3.8, 4) is 0 Å². The predicted molar refractivity (Wildman–Crippen MR) is 60.0 cm³/mol. The lowest BCUT2D eigenvalue weighted by atomic mass is 9.92. The highest BCUT2D eigenvalue weighted by Crippen LogP contribution is 2.15. The molecule has 0 fully saturated rings. The average molecular weight is 186 g/mol. The van der Waals surface area contributed by atoms with E-state index in [0.717, 1.165) is 25.7 Å². The van der Waals surface area contributed by atoms with Gasteiger partial charge >= 0.3 is 0 Å². The van der Waals surface area contributed by atoms with E-state index in [-0.39, 0.29) is 0 Å². The van der Waals surface area contributed by atoms with Crippen molar-refractivity contribution in [1.82, 2.24) is 0 Å². The number of rotatable bonds is 6. The van der Waals surface area contributed by atoms with Gasteiger partial charge in [0.05, 0.1) is 0 Å². The Balaban J connectivity index is 0. The van der Waals surface area contributed by atoms with Crippen LogP contribution < -0.4 is 0 Å². The molecular weight excluding hydrogens is 160 g/mol. The summed E-state index contributed by atoms with van der Waals surface area (Å²) in [5.74, 6) is 0.809. The zero-order valence-electron chi connectivity index (χ0n) is 10.0. The summed E-state index contributed by atoms with van der Waals surface area (Å²) < 4.78 is 0. The van der Waals surface area contributed by atoms with Gasteiger partial charge < -0.3 is 0 Å². The SMILES string of the molecule is CC.CCCC(CCC)C(=O)CC. The standard InChI is InChI=1S/C10H20O.C2H6/c1-4-7-9(8-5-2)10(11)6-3;1-2/h9H,4-8H2,1-3H3;1-2H3. The molecule has 0 N–H and O–H groups in total. The topological polar surface area (TPSA) is 17.1 Å². The van der Waals surface area contributed by atoms with Crippen molar-refractivity contribution < 1.29 is 4.79 Å². The Morgan fingerprint density at radius 3 is 1.62 bits per heavy atom. The molecule has 0 atom stereocenters. The molecule has 0 aromatic rings. The molecule has 0 saturated heterocycles. The van der Waals surface area contributed by atoms with Gasteiger partial charge in [-0.05, 0) is 12.8 Å². The van der Waals surface area contributed by atoms with Crippen LogP contribution >= 0.6 is 0 Å². The zero-order valence-corrected chi connectivity index (χ0v) is 10.0. The number of ketones is 1. The molecule has 80 valence electrons. The van der Waals surface area contributed by atoms with Crippen LogP contribution in [0.1, 0.15) is 66.7 Å². The van der Waals surface area contributed by atoms with Crippen molar-refractivity contribution in [2.45, 2.75) is 66.7 Å². The molecular formula is C12H26O. The molecule has 0 unspecified atom stereocenters. The van der Waals surface area contributed by atoms with E-state index in [9.17, 15) is 4.79 Å². The van der Waals surface area contributed by atoms with Gasteiger partial charge in [0.2, 0.25) is 0 Å². The lowest BCUT2D eigenvalue weighted by Gasteiger charge is -2.11. The Morgan fingerprint density at radius 2 is 1.38 bits per heavy atom. The van der Waals surface area contributed by atoms with Crippen LogP contribution in [0.5, 0.6) is 0 Å². The molecule has 0 radical (unpaired) electrons. The maximum atomic E-state index is 11.3. The highest BCUT2D eigenvalue weighted by atomic mass is 16.1. The van der Waals surface area contributed by atoms with Crippen LogP contribution in [-0.4, -0.2) is 5.78 Å². The van der Waals surface area contributed by atoms with E-state index in [1.807, 2.05) is 20.8 Å². The number of hydrogen-bond donors (Lipinski definition) is 0. The third-order valence-electron chi connectivity index (χ3n) is 2.08. The van der Waals surface area contributed by atoms with Gasteiger partial charge in [-0.2, -0.15) is 0 Å². The zero-order chi connectivity index (χ0) is 10.7. The molecule has 0 saturated carbocycles. The van der Waals surface area contributed by atoms with Crippen molar-refractivity contribution >= 4 is 5.78 Å². The fourth-order valence-electron chi connectivity index (χ4n) is 1.45. The first-order valence-electron chi connectivity index (χ1n) is 5.78. The van der Waals surface area contributed by atoms with Crippen LogP contribution in [0.25, 0.3) is 0 Å². The van der Waals surface area contributed by atoms with Crippen LogP contribution in [0.2, 0.25) is 0 Å². The minimum atomic E-state index is 0.356. The molecule has 0 heterocycles. The molecule has 0 aliphatic rings. The molecule has 0 aromatic heterocycles.